The highest BCUT2D eigenvalue weighted by Crippen LogP contribution is 2.41. The molecule has 3 aliphatic rings. The van der Waals surface area contributed by atoms with Crippen molar-refractivity contribution in [3.63, 3.8) is 0 Å². The van der Waals surface area contributed by atoms with E-state index in [2.05, 4.69) is 5.48 Å². The molecule has 6 atom stereocenters. The lowest BCUT2D eigenvalue weighted by Gasteiger charge is -2.37. The summed E-state index contributed by atoms with van der Waals surface area (Å²) in [5.41, 5.74) is 3.92. The zero-order chi connectivity index (χ0) is 16.7. The molecule has 0 aromatic heterocycles. The van der Waals surface area contributed by atoms with Crippen LogP contribution >= 0.6 is 0 Å². The highest BCUT2D eigenvalue weighted by atomic mass is 16.8. The Hall–Kier alpha value is -1.06. The van der Waals surface area contributed by atoms with Crippen LogP contribution in [-0.2, 0) is 30.4 Å². The van der Waals surface area contributed by atoms with Crippen molar-refractivity contribution in [2.75, 3.05) is 6.61 Å². The molecule has 3 fully saturated rings. The fourth-order valence-corrected chi connectivity index (χ4v) is 3.42. The lowest BCUT2D eigenvalue weighted by molar-refractivity contribution is -0.248. The Kier molecular flexibility index (Phi) is 4.34. The van der Waals surface area contributed by atoms with Gasteiger partial charge in [-0.25, -0.2) is 0 Å². The van der Waals surface area contributed by atoms with E-state index < -0.39 is 24.3 Å². The van der Waals surface area contributed by atoms with Crippen molar-refractivity contribution < 1.29 is 28.9 Å². The Morgan fingerprint density at radius 3 is 2.75 bits per heavy atom. The van der Waals surface area contributed by atoms with Crippen molar-refractivity contribution in [3.8, 4) is 0 Å². The average molecular weight is 337 g/mol. The van der Waals surface area contributed by atoms with Crippen LogP contribution in [0.15, 0.2) is 30.3 Å². The number of hydrogen-bond donors (Lipinski definition) is 2. The molecule has 4 rings (SSSR count). The van der Waals surface area contributed by atoms with E-state index in [-0.39, 0.29) is 18.2 Å². The van der Waals surface area contributed by atoms with Gasteiger partial charge in [-0.1, -0.05) is 30.3 Å². The lowest BCUT2D eigenvalue weighted by atomic mass is 9.97. The maximum Gasteiger partial charge on any atom is 0.190 e. The van der Waals surface area contributed by atoms with Gasteiger partial charge in [-0.15, -0.1) is 0 Å². The summed E-state index contributed by atoms with van der Waals surface area (Å²) in [5.74, 6) is -0.692. The molecule has 0 spiro atoms. The molecule has 1 aromatic rings. The standard InChI is InChI=1S/C17H23NO6/c1-17(2)23-15-14-13(22-16(15)24-17)12(19)11(9-20-14)18-21-8-10-6-4-3-5-7-10/h3-7,11-16,18-19H,8-9H2,1-2H3/t11-,12-,13+,14-,15+,16+/m0/s1. The van der Waals surface area contributed by atoms with Crippen LogP contribution in [0, 0.1) is 0 Å². The van der Waals surface area contributed by atoms with Crippen LogP contribution in [0.25, 0.3) is 0 Å². The van der Waals surface area contributed by atoms with Crippen LogP contribution in [0.1, 0.15) is 19.4 Å². The number of hydrogen-bond acceptors (Lipinski definition) is 7. The minimum Gasteiger partial charge on any atom is -0.388 e. The molecule has 0 amide bonds. The van der Waals surface area contributed by atoms with Gasteiger partial charge in [0.15, 0.2) is 12.1 Å². The number of ether oxygens (including phenoxy) is 4. The van der Waals surface area contributed by atoms with Crippen molar-refractivity contribution >= 4 is 0 Å². The molecular weight excluding hydrogens is 314 g/mol. The molecule has 0 bridgehead atoms. The quantitative estimate of drug-likeness (QED) is 0.784. The minimum absolute atomic E-state index is 0.313. The van der Waals surface area contributed by atoms with Crippen molar-refractivity contribution in [1.82, 2.24) is 5.48 Å². The van der Waals surface area contributed by atoms with E-state index in [4.69, 9.17) is 23.8 Å². The average Bonchev–Trinajstić information content (AvgIpc) is 3.03. The third kappa shape index (κ3) is 3.09. The predicted octanol–water partition coefficient (Wildman–Crippen LogP) is 0.712. The number of aliphatic hydroxyl groups excluding tert-OH is 1. The summed E-state index contributed by atoms with van der Waals surface area (Å²) < 4.78 is 23.2. The molecule has 7 heteroatoms. The van der Waals surface area contributed by atoms with Crippen LogP contribution in [-0.4, -0.2) is 54.2 Å². The van der Waals surface area contributed by atoms with Gasteiger partial charge in [0.05, 0.1) is 19.3 Å². The van der Waals surface area contributed by atoms with E-state index in [1.807, 2.05) is 44.2 Å². The van der Waals surface area contributed by atoms with E-state index in [0.29, 0.717) is 13.2 Å². The molecule has 132 valence electrons. The monoisotopic (exact) mass is 337 g/mol. The highest BCUT2D eigenvalue weighted by Gasteiger charge is 2.59. The van der Waals surface area contributed by atoms with E-state index >= 15 is 0 Å². The zero-order valence-corrected chi connectivity index (χ0v) is 13.8. The van der Waals surface area contributed by atoms with Crippen molar-refractivity contribution in [3.05, 3.63) is 35.9 Å². The third-order valence-electron chi connectivity index (χ3n) is 4.56. The number of rotatable bonds is 4. The smallest absolute Gasteiger partial charge is 0.190 e. The molecule has 3 aliphatic heterocycles. The second-order valence-electron chi connectivity index (χ2n) is 6.86. The second-order valence-corrected chi connectivity index (χ2v) is 6.86. The predicted molar refractivity (Wildman–Crippen MR) is 82.6 cm³/mol. The molecule has 0 unspecified atom stereocenters. The van der Waals surface area contributed by atoms with Gasteiger partial charge in [-0.05, 0) is 19.4 Å². The zero-order valence-electron chi connectivity index (χ0n) is 13.8. The molecule has 7 nitrogen and oxygen atoms in total. The van der Waals surface area contributed by atoms with Gasteiger partial charge in [0.25, 0.3) is 0 Å². The number of aliphatic hydroxyl groups is 1. The minimum atomic E-state index is -0.763. The maximum atomic E-state index is 10.6. The van der Waals surface area contributed by atoms with Gasteiger partial charge in [0.1, 0.15) is 24.4 Å². The topological polar surface area (TPSA) is 78.4 Å². The molecule has 0 saturated carbocycles. The first-order valence-corrected chi connectivity index (χ1v) is 8.25. The third-order valence-corrected chi connectivity index (χ3v) is 4.56. The SMILES string of the molecule is CC1(C)O[C@H]2O[C@@H]3[C@@H](O)[C@@H](NOCc4ccccc4)CO[C@@H]3[C@H]2O1. The van der Waals surface area contributed by atoms with E-state index in [0.717, 1.165) is 5.56 Å². The van der Waals surface area contributed by atoms with E-state index in [9.17, 15) is 5.11 Å². The molecule has 0 radical (unpaired) electrons. The molecule has 3 saturated heterocycles. The summed E-state index contributed by atoms with van der Waals surface area (Å²) in [6, 6.07) is 9.44. The van der Waals surface area contributed by atoms with Crippen LogP contribution in [0.4, 0.5) is 0 Å². The molecule has 0 aliphatic carbocycles. The van der Waals surface area contributed by atoms with Crippen LogP contribution in [0.3, 0.4) is 0 Å². The van der Waals surface area contributed by atoms with Gasteiger partial charge < -0.3 is 24.1 Å². The maximum absolute atomic E-state index is 10.6. The summed E-state index contributed by atoms with van der Waals surface area (Å²) in [6.45, 7) is 4.40. The van der Waals surface area contributed by atoms with E-state index in [1.165, 1.54) is 0 Å². The Morgan fingerprint density at radius 1 is 1.17 bits per heavy atom. The van der Waals surface area contributed by atoms with Gasteiger partial charge in [-0.3, -0.25) is 4.84 Å². The number of nitrogens with one attached hydrogen (secondary N) is 1. The Balaban J connectivity index is 1.32. The summed E-state index contributed by atoms with van der Waals surface area (Å²) in [4.78, 5) is 5.50. The number of benzene rings is 1. The molecule has 24 heavy (non-hydrogen) atoms. The largest absolute Gasteiger partial charge is 0.388 e. The van der Waals surface area contributed by atoms with Gasteiger partial charge in [0, 0.05) is 0 Å². The first kappa shape index (κ1) is 16.4. The van der Waals surface area contributed by atoms with Gasteiger partial charge in [0.2, 0.25) is 0 Å². The van der Waals surface area contributed by atoms with E-state index in [1.54, 1.807) is 0 Å². The lowest BCUT2D eigenvalue weighted by Crippen LogP contribution is -2.58. The molecule has 2 N–H and O–H groups in total. The molecule has 3 heterocycles. The van der Waals surface area contributed by atoms with Crippen molar-refractivity contribution in [2.45, 2.75) is 63.0 Å². The highest BCUT2D eigenvalue weighted by molar-refractivity contribution is 5.13. The summed E-state index contributed by atoms with van der Waals surface area (Å²) in [6.07, 6.45) is -2.42. The van der Waals surface area contributed by atoms with Crippen molar-refractivity contribution in [2.24, 2.45) is 0 Å². The van der Waals surface area contributed by atoms with Gasteiger partial charge in [-0.2, -0.15) is 5.48 Å². The Labute approximate surface area is 140 Å². The number of fused-ring (bicyclic) bond motifs is 3. The molecular formula is C17H23NO6. The first-order chi connectivity index (χ1) is 11.5. The van der Waals surface area contributed by atoms with Crippen LogP contribution in [0.5, 0.6) is 0 Å². The summed E-state index contributed by atoms with van der Waals surface area (Å²) >= 11 is 0. The second kappa shape index (κ2) is 6.34. The number of hydroxylamine groups is 1. The van der Waals surface area contributed by atoms with Crippen LogP contribution in [0.2, 0.25) is 0 Å². The van der Waals surface area contributed by atoms with Crippen LogP contribution < -0.4 is 5.48 Å². The Bertz CT molecular complexity index is 567. The normalized spacial score (nSPS) is 40.3. The summed E-state index contributed by atoms with van der Waals surface area (Å²) in [7, 11) is 0. The summed E-state index contributed by atoms with van der Waals surface area (Å²) in [5, 5.41) is 10.6. The van der Waals surface area contributed by atoms with Gasteiger partial charge >= 0.3 is 0 Å². The van der Waals surface area contributed by atoms with Crippen molar-refractivity contribution in [1.29, 1.82) is 0 Å². The first-order valence-electron chi connectivity index (χ1n) is 8.25. The fourth-order valence-electron chi connectivity index (χ4n) is 3.42. The molecule has 1 aromatic carbocycles. The fraction of sp³-hybridized carbons (Fsp3) is 0.647. The Morgan fingerprint density at radius 2 is 1.96 bits per heavy atom.